The summed E-state index contributed by atoms with van der Waals surface area (Å²) >= 11 is 0. The minimum Gasteiger partial charge on any atom is -0.372 e. The van der Waals surface area contributed by atoms with Gasteiger partial charge in [0.15, 0.2) is 0 Å². The summed E-state index contributed by atoms with van der Waals surface area (Å²) in [5.41, 5.74) is 8.54. The van der Waals surface area contributed by atoms with Gasteiger partial charge in [-0.2, -0.15) is 5.10 Å². The van der Waals surface area contributed by atoms with E-state index in [4.69, 9.17) is 10.1 Å². The fourth-order valence-corrected chi connectivity index (χ4v) is 6.68. The molecule has 0 spiro atoms. The third kappa shape index (κ3) is 4.94. The molecule has 1 atom stereocenters. The largest absolute Gasteiger partial charge is 0.372 e. The predicted octanol–water partition coefficient (Wildman–Crippen LogP) is 7.88. The molecule has 7 rings (SSSR count). The Labute approximate surface area is 238 Å². The number of nitrogens with zero attached hydrogens (tertiary/aromatic N) is 5. The number of aromatic nitrogens is 1. The van der Waals surface area contributed by atoms with Gasteiger partial charge in [0.2, 0.25) is 0 Å². The van der Waals surface area contributed by atoms with Crippen molar-refractivity contribution in [3.63, 3.8) is 0 Å². The van der Waals surface area contributed by atoms with Gasteiger partial charge in [0.25, 0.3) is 0 Å². The fraction of sp³-hybridized carbons (Fsp3) is 0.371. The molecular weight excluding hydrogens is 490 g/mol. The highest BCUT2D eigenvalue weighted by Gasteiger charge is 2.31. The van der Waals surface area contributed by atoms with Gasteiger partial charge in [0.1, 0.15) is 5.82 Å². The average molecular weight is 530 g/mol. The van der Waals surface area contributed by atoms with Crippen molar-refractivity contribution in [3.8, 4) is 0 Å². The van der Waals surface area contributed by atoms with E-state index < -0.39 is 0 Å². The van der Waals surface area contributed by atoms with Crippen LogP contribution in [0.5, 0.6) is 0 Å². The molecule has 0 amide bonds. The van der Waals surface area contributed by atoms with Gasteiger partial charge in [-0.3, -0.25) is 0 Å². The maximum atomic E-state index is 5.25. The summed E-state index contributed by atoms with van der Waals surface area (Å²) in [6.07, 6.45) is 8.73. The summed E-state index contributed by atoms with van der Waals surface area (Å²) in [6, 6.07) is 29.1. The highest BCUT2D eigenvalue weighted by Crippen LogP contribution is 2.38. The van der Waals surface area contributed by atoms with Crippen molar-refractivity contribution in [1.82, 2.24) is 4.98 Å². The molecule has 4 heterocycles. The summed E-state index contributed by atoms with van der Waals surface area (Å²) in [7, 11) is 0. The van der Waals surface area contributed by atoms with Crippen LogP contribution < -0.4 is 14.8 Å². The van der Waals surface area contributed by atoms with E-state index in [1.807, 2.05) is 0 Å². The second kappa shape index (κ2) is 11.0. The van der Waals surface area contributed by atoms with Gasteiger partial charge in [-0.1, -0.05) is 42.5 Å². The second-order valence-corrected chi connectivity index (χ2v) is 11.7. The van der Waals surface area contributed by atoms with Crippen molar-refractivity contribution >= 4 is 33.8 Å². The van der Waals surface area contributed by atoms with Crippen LogP contribution in [0.3, 0.4) is 0 Å². The van der Waals surface area contributed by atoms with Crippen LogP contribution in [-0.2, 0) is 0 Å². The third-order valence-corrected chi connectivity index (χ3v) is 8.98. The number of rotatable bonds is 5. The first-order valence-corrected chi connectivity index (χ1v) is 15.2. The molecule has 0 N–H and O–H groups in total. The van der Waals surface area contributed by atoms with Crippen LogP contribution in [0.2, 0.25) is 0 Å². The molecule has 204 valence electrons. The van der Waals surface area contributed by atoms with Crippen LogP contribution in [0.1, 0.15) is 67.7 Å². The minimum absolute atomic E-state index is 0.111. The summed E-state index contributed by atoms with van der Waals surface area (Å²) in [5, 5.41) is 8.62. The Morgan fingerprint density at radius 3 is 1.93 bits per heavy atom. The zero-order valence-corrected chi connectivity index (χ0v) is 23.6. The lowest BCUT2D eigenvalue weighted by atomic mass is 9.97. The van der Waals surface area contributed by atoms with E-state index in [1.165, 1.54) is 72.0 Å². The molecule has 1 aromatic heterocycles. The van der Waals surface area contributed by atoms with Crippen LogP contribution in [0.15, 0.2) is 84.0 Å². The number of hydrazone groups is 1. The van der Waals surface area contributed by atoms with E-state index in [0.29, 0.717) is 0 Å². The molecule has 0 saturated carbocycles. The van der Waals surface area contributed by atoms with Crippen LogP contribution in [-0.4, -0.2) is 36.9 Å². The SMILES string of the molecule is Cc1cc(N2N=C(c3ccc(N4CCCCC4)cc3)CC2c2ccc(N3CCCCC3)cc2)nc2ccccc12. The first kappa shape index (κ1) is 25.1. The molecule has 0 aliphatic carbocycles. The highest BCUT2D eigenvalue weighted by molar-refractivity contribution is 6.03. The van der Waals surface area contributed by atoms with Crippen molar-refractivity contribution in [2.24, 2.45) is 5.10 Å². The van der Waals surface area contributed by atoms with E-state index in [-0.39, 0.29) is 6.04 Å². The fourth-order valence-electron chi connectivity index (χ4n) is 6.68. The third-order valence-electron chi connectivity index (χ3n) is 8.98. The number of anilines is 3. The normalized spacial score (nSPS) is 19.8. The summed E-state index contributed by atoms with van der Waals surface area (Å²) in [6.45, 7) is 6.83. The molecule has 2 saturated heterocycles. The Kier molecular flexibility index (Phi) is 6.88. The van der Waals surface area contributed by atoms with Crippen molar-refractivity contribution in [2.75, 3.05) is 41.0 Å². The average Bonchev–Trinajstić information content (AvgIpc) is 3.48. The Morgan fingerprint density at radius 2 is 1.27 bits per heavy atom. The van der Waals surface area contributed by atoms with Crippen LogP contribution in [0, 0.1) is 6.92 Å². The van der Waals surface area contributed by atoms with Gasteiger partial charge < -0.3 is 9.80 Å². The standard InChI is InChI=1S/C35H39N5/c1-26-24-35(36-32-11-5-4-10-31(26)32)40-34(28-14-18-30(19-15-28)39-22-8-3-9-23-39)25-33(37-40)27-12-16-29(17-13-27)38-20-6-2-7-21-38/h4-5,10-19,24,34H,2-3,6-9,20-23,25H2,1H3. The summed E-state index contributed by atoms with van der Waals surface area (Å²) < 4.78 is 0. The van der Waals surface area contributed by atoms with Crippen LogP contribution in [0.25, 0.3) is 10.9 Å². The molecule has 0 radical (unpaired) electrons. The minimum atomic E-state index is 0.111. The smallest absolute Gasteiger partial charge is 0.150 e. The summed E-state index contributed by atoms with van der Waals surface area (Å²) in [4.78, 5) is 10.1. The van der Waals surface area contributed by atoms with E-state index in [1.54, 1.807) is 0 Å². The zero-order valence-electron chi connectivity index (χ0n) is 23.6. The molecule has 5 heteroatoms. The van der Waals surface area contributed by atoms with Gasteiger partial charge in [-0.05, 0) is 98.5 Å². The lowest BCUT2D eigenvalue weighted by Crippen LogP contribution is -2.29. The molecule has 40 heavy (non-hydrogen) atoms. The van der Waals surface area contributed by atoms with E-state index >= 15 is 0 Å². The maximum Gasteiger partial charge on any atom is 0.150 e. The maximum absolute atomic E-state index is 5.25. The Hall–Kier alpha value is -3.86. The first-order valence-electron chi connectivity index (χ1n) is 15.2. The monoisotopic (exact) mass is 529 g/mol. The lowest BCUT2D eigenvalue weighted by molar-refractivity contribution is 0.577. The number of pyridine rings is 1. The molecule has 3 aliphatic heterocycles. The number of aryl methyl sites for hydroxylation is 1. The van der Waals surface area contributed by atoms with Crippen molar-refractivity contribution in [1.29, 1.82) is 0 Å². The number of hydrogen-bond acceptors (Lipinski definition) is 5. The first-order chi connectivity index (χ1) is 19.7. The molecular formula is C35H39N5. The van der Waals surface area contributed by atoms with Crippen molar-refractivity contribution in [2.45, 2.75) is 57.9 Å². The van der Waals surface area contributed by atoms with E-state index in [2.05, 4.69) is 101 Å². The number of hydrogen-bond donors (Lipinski definition) is 0. The Bertz CT molecular complexity index is 1500. The molecule has 0 bridgehead atoms. The Morgan fingerprint density at radius 1 is 0.675 bits per heavy atom. The zero-order chi connectivity index (χ0) is 26.9. The molecule has 4 aromatic rings. The molecule has 3 aromatic carbocycles. The van der Waals surface area contributed by atoms with Crippen molar-refractivity contribution < 1.29 is 0 Å². The van der Waals surface area contributed by atoms with Gasteiger partial charge in [-0.15, -0.1) is 0 Å². The van der Waals surface area contributed by atoms with E-state index in [0.717, 1.165) is 49.6 Å². The summed E-state index contributed by atoms with van der Waals surface area (Å²) in [5.74, 6) is 0.918. The second-order valence-electron chi connectivity index (χ2n) is 11.7. The van der Waals surface area contributed by atoms with Crippen LogP contribution >= 0.6 is 0 Å². The molecule has 5 nitrogen and oxygen atoms in total. The van der Waals surface area contributed by atoms with Gasteiger partial charge in [0, 0.05) is 49.4 Å². The lowest BCUT2D eigenvalue weighted by Gasteiger charge is -2.29. The number of piperidine rings is 2. The van der Waals surface area contributed by atoms with Gasteiger partial charge in [-0.25, -0.2) is 9.99 Å². The van der Waals surface area contributed by atoms with E-state index in [9.17, 15) is 0 Å². The molecule has 1 unspecified atom stereocenters. The number of fused-ring (bicyclic) bond motifs is 1. The highest BCUT2D eigenvalue weighted by atomic mass is 15.5. The topological polar surface area (TPSA) is 35.0 Å². The van der Waals surface area contributed by atoms with Crippen molar-refractivity contribution in [3.05, 3.63) is 95.6 Å². The van der Waals surface area contributed by atoms with Gasteiger partial charge >= 0.3 is 0 Å². The quantitative estimate of drug-likeness (QED) is 0.263. The van der Waals surface area contributed by atoms with Gasteiger partial charge in [0.05, 0.1) is 17.3 Å². The molecule has 3 aliphatic rings. The molecule has 2 fully saturated rings. The number of benzene rings is 3. The Balaban J connectivity index is 1.22. The van der Waals surface area contributed by atoms with Crippen LogP contribution in [0.4, 0.5) is 17.2 Å². The number of para-hydroxylation sites is 1. The predicted molar refractivity (Wildman–Crippen MR) is 168 cm³/mol.